The molecule has 1 saturated heterocycles. The van der Waals surface area contributed by atoms with Gasteiger partial charge in [-0.1, -0.05) is 12.1 Å². The molecule has 164 valence electrons. The van der Waals surface area contributed by atoms with E-state index in [1.807, 2.05) is 6.92 Å². The van der Waals surface area contributed by atoms with Crippen LogP contribution < -0.4 is 10.6 Å². The number of nitrogens with zero attached hydrogens (tertiary/aromatic N) is 2. The number of alkyl halides is 3. The largest absolute Gasteiger partial charge is 0.469 e. The van der Waals surface area contributed by atoms with E-state index in [1.54, 1.807) is 0 Å². The van der Waals surface area contributed by atoms with Crippen LogP contribution in [-0.4, -0.2) is 56.2 Å². The molecule has 0 radical (unpaired) electrons. The zero-order valence-corrected chi connectivity index (χ0v) is 18.9. The van der Waals surface area contributed by atoms with Crippen molar-refractivity contribution in [3.63, 3.8) is 0 Å². The van der Waals surface area contributed by atoms with Gasteiger partial charge in [0.2, 0.25) is 0 Å². The van der Waals surface area contributed by atoms with Crippen LogP contribution in [0.15, 0.2) is 29.3 Å². The molecule has 0 aliphatic carbocycles. The third kappa shape index (κ3) is 8.77. The van der Waals surface area contributed by atoms with Crippen molar-refractivity contribution in [1.82, 2.24) is 15.5 Å². The number of guanidine groups is 1. The van der Waals surface area contributed by atoms with Crippen LogP contribution in [0.25, 0.3) is 0 Å². The molecule has 1 heterocycles. The summed E-state index contributed by atoms with van der Waals surface area (Å²) in [5.41, 5.74) is 0.225. The molecular weight excluding hydrogens is 500 g/mol. The maximum Gasteiger partial charge on any atom is 0.416 e. The molecule has 6 nitrogen and oxygen atoms in total. The Morgan fingerprint density at radius 3 is 2.59 bits per heavy atom. The lowest BCUT2D eigenvalue weighted by molar-refractivity contribution is -0.140. The minimum absolute atomic E-state index is 0. The van der Waals surface area contributed by atoms with Crippen LogP contribution in [0.2, 0.25) is 0 Å². The fourth-order valence-electron chi connectivity index (χ4n) is 3.03. The van der Waals surface area contributed by atoms with Crippen molar-refractivity contribution in [3.05, 3.63) is 35.4 Å². The standard InChI is InChI=1S/C19H27F3N4O2.HI/c1-3-23-18(24-10-8-17(27)28-2)25-16-9-11-26(13-16)12-14-4-6-15(7-5-14)19(20,21)22;/h4-7,16H,3,8-13H2,1-2H3,(H2,23,24,25);1H. The van der Waals surface area contributed by atoms with Gasteiger partial charge < -0.3 is 15.4 Å². The molecule has 1 fully saturated rings. The number of esters is 1. The van der Waals surface area contributed by atoms with E-state index in [9.17, 15) is 18.0 Å². The highest BCUT2D eigenvalue weighted by atomic mass is 127. The summed E-state index contributed by atoms with van der Waals surface area (Å²) in [6.07, 6.45) is -3.18. The van der Waals surface area contributed by atoms with Crippen molar-refractivity contribution in [3.8, 4) is 0 Å². The Balaban J connectivity index is 0.00000420. The second kappa shape index (κ2) is 12.2. The Hall–Kier alpha value is -1.56. The number of hydrogen-bond acceptors (Lipinski definition) is 4. The summed E-state index contributed by atoms with van der Waals surface area (Å²) in [7, 11) is 1.35. The van der Waals surface area contributed by atoms with Gasteiger partial charge in [0.15, 0.2) is 5.96 Å². The first-order valence-electron chi connectivity index (χ1n) is 9.32. The zero-order valence-electron chi connectivity index (χ0n) is 16.6. The van der Waals surface area contributed by atoms with Gasteiger partial charge in [0.25, 0.3) is 0 Å². The topological polar surface area (TPSA) is 66.0 Å². The Labute approximate surface area is 186 Å². The number of hydrogen-bond donors (Lipinski definition) is 2. The third-order valence-electron chi connectivity index (χ3n) is 4.46. The van der Waals surface area contributed by atoms with Gasteiger partial charge in [-0.25, -0.2) is 0 Å². The highest BCUT2D eigenvalue weighted by Gasteiger charge is 2.30. The number of nitrogens with one attached hydrogen (secondary N) is 2. The molecule has 1 aliphatic rings. The molecule has 0 amide bonds. The predicted molar refractivity (Wildman–Crippen MR) is 116 cm³/mol. The second-order valence-corrected chi connectivity index (χ2v) is 6.65. The molecule has 1 aromatic carbocycles. The molecule has 1 aliphatic heterocycles. The average Bonchev–Trinajstić information content (AvgIpc) is 3.08. The lowest BCUT2D eigenvalue weighted by Crippen LogP contribution is -2.44. The number of carbonyl (C=O) groups is 1. The number of halogens is 4. The predicted octanol–water partition coefficient (Wildman–Crippen LogP) is 3.02. The number of methoxy groups -OCH3 is 1. The first kappa shape index (κ1) is 25.5. The van der Waals surface area contributed by atoms with E-state index < -0.39 is 11.7 Å². The molecule has 0 spiro atoms. The normalized spacial score (nSPS) is 17.6. The van der Waals surface area contributed by atoms with Gasteiger partial charge >= 0.3 is 12.1 Å². The summed E-state index contributed by atoms with van der Waals surface area (Å²) in [6.45, 7) is 5.22. The molecule has 2 N–H and O–H groups in total. The molecule has 1 atom stereocenters. The van der Waals surface area contributed by atoms with Gasteiger partial charge in [-0.2, -0.15) is 13.2 Å². The number of aliphatic imine (C=N–C) groups is 1. The summed E-state index contributed by atoms with van der Waals surface area (Å²) in [5, 5.41) is 6.50. The van der Waals surface area contributed by atoms with Gasteiger partial charge in [0.05, 0.1) is 25.6 Å². The lowest BCUT2D eigenvalue weighted by atomic mass is 10.1. The number of rotatable bonds is 7. The lowest BCUT2D eigenvalue weighted by Gasteiger charge is -2.19. The van der Waals surface area contributed by atoms with Crippen LogP contribution in [0.3, 0.4) is 0 Å². The van der Waals surface area contributed by atoms with E-state index in [0.717, 1.165) is 37.2 Å². The average molecular weight is 528 g/mol. The van der Waals surface area contributed by atoms with Gasteiger partial charge in [0, 0.05) is 32.2 Å². The smallest absolute Gasteiger partial charge is 0.416 e. The Morgan fingerprint density at radius 1 is 1.31 bits per heavy atom. The molecule has 1 unspecified atom stereocenters. The van der Waals surface area contributed by atoms with E-state index in [-0.39, 0.29) is 42.4 Å². The highest BCUT2D eigenvalue weighted by molar-refractivity contribution is 14.0. The van der Waals surface area contributed by atoms with E-state index in [0.29, 0.717) is 25.6 Å². The number of ether oxygens (including phenoxy) is 1. The molecule has 29 heavy (non-hydrogen) atoms. The van der Waals surface area contributed by atoms with Crippen LogP contribution in [0.1, 0.15) is 30.9 Å². The van der Waals surface area contributed by atoms with Gasteiger partial charge in [-0.15, -0.1) is 24.0 Å². The Kier molecular flexibility index (Phi) is 10.7. The molecule has 10 heteroatoms. The maximum absolute atomic E-state index is 12.7. The van der Waals surface area contributed by atoms with Crippen molar-refractivity contribution in [2.24, 2.45) is 4.99 Å². The molecule has 0 bridgehead atoms. The first-order valence-corrected chi connectivity index (χ1v) is 9.32. The minimum Gasteiger partial charge on any atom is -0.469 e. The minimum atomic E-state index is -4.31. The Bertz CT molecular complexity index is 668. The van der Waals surface area contributed by atoms with Crippen molar-refractivity contribution in [2.45, 2.75) is 38.5 Å². The van der Waals surface area contributed by atoms with Crippen molar-refractivity contribution in [2.75, 3.05) is 33.3 Å². The van der Waals surface area contributed by atoms with Gasteiger partial charge in [0.1, 0.15) is 0 Å². The van der Waals surface area contributed by atoms with Crippen LogP contribution in [0.4, 0.5) is 13.2 Å². The van der Waals surface area contributed by atoms with Gasteiger partial charge in [-0.3, -0.25) is 14.7 Å². The number of carbonyl (C=O) groups excluding carboxylic acids is 1. The van der Waals surface area contributed by atoms with Crippen LogP contribution in [0, 0.1) is 0 Å². The fourth-order valence-corrected chi connectivity index (χ4v) is 3.03. The maximum atomic E-state index is 12.7. The number of likely N-dealkylation sites (tertiary alicyclic amines) is 1. The van der Waals surface area contributed by atoms with E-state index in [2.05, 4.69) is 25.3 Å². The summed E-state index contributed by atoms with van der Waals surface area (Å²) < 4.78 is 42.6. The van der Waals surface area contributed by atoms with Crippen molar-refractivity contribution in [1.29, 1.82) is 0 Å². The molecule has 0 saturated carbocycles. The quantitative estimate of drug-likeness (QED) is 0.247. The molecule has 2 rings (SSSR count). The van der Waals surface area contributed by atoms with Crippen molar-refractivity contribution >= 4 is 35.9 Å². The van der Waals surface area contributed by atoms with Gasteiger partial charge in [-0.05, 0) is 31.0 Å². The third-order valence-corrected chi connectivity index (χ3v) is 4.46. The number of benzene rings is 1. The van der Waals surface area contributed by atoms with E-state index in [1.165, 1.54) is 19.2 Å². The second-order valence-electron chi connectivity index (χ2n) is 6.65. The highest BCUT2D eigenvalue weighted by Crippen LogP contribution is 2.29. The summed E-state index contributed by atoms with van der Waals surface area (Å²) in [4.78, 5) is 17.8. The van der Waals surface area contributed by atoms with Crippen LogP contribution >= 0.6 is 24.0 Å². The fraction of sp³-hybridized carbons (Fsp3) is 0.579. The Morgan fingerprint density at radius 2 is 2.00 bits per heavy atom. The summed E-state index contributed by atoms with van der Waals surface area (Å²) in [6, 6.07) is 5.49. The van der Waals surface area contributed by atoms with E-state index in [4.69, 9.17) is 0 Å². The first-order chi connectivity index (χ1) is 13.3. The SMILES string of the molecule is CCNC(=NCCC(=O)OC)NC1CCN(Cc2ccc(C(F)(F)F)cc2)C1.I. The summed E-state index contributed by atoms with van der Waals surface area (Å²) in [5.74, 6) is 0.343. The summed E-state index contributed by atoms with van der Waals surface area (Å²) >= 11 is 0. The molecule has 1 aromatic rings. The van der Waals surface area contributed by atoms with E-state index >= 15 is 0 Å². The van der Waals surface area contributed by atoms with Crippen LogP contribution in [0.5, 0.6) is 0 Å². The molecular formula is C19H28F3IN4O2. The zero-order chi connectivity index (χ0) is 20.6. The molecule has 0 aromatic heterocycles. The van der Waals surface area contributed by atoms with Crippen LogP contribution in [-0.2, 0) is 22.3 Å². The monoisotopic (exact) mass is 528 g/mol. The van der Waals surface area contributed by atoms with Crippen molar-refractivity contribution < 1.29 is 22.7 Å².